The molecular formula is C32H38O7S2. The second-order valence-electron chi connectivity index (χ2n) is 9.33. The number of phenolic OH excluding ortho intramolecular Hbond substituents is 1. The third kappa shape index (κ3) is 13.6. The Balaban J connectivity index is 0.000000216. The normalized spacial score (nSPS) is 11.4. The first kappa shape index (κ1) is 33.7. The smallest absolute Gasteiger partial charge is 0.295 e. The summed E-state index contributed by atoms with van der Waals surface area (Å²) in [5.41, 5.74) is 1.82. The SMILES string of the molecule is CCCCCCCCc1ccccc1O.O=S(=O)(O)C=Cc1ccccc1.O=S(=O)(O)c1cccc2ccccc12. The minimum atomic E-state index is -4.13. The van der Waals surface area contributed by atoms with Gasteiger partial charge in [-0.2, -0.15) is 16.8 Å². The predicted octanol–water partition coefficient (Wildman–Crippen LogP) is 7.93. The molecule has 0 unspecified atom stereocenters. The van der Waals surface area contributed by atoms with E-state index < -0.39 is 20.2 Å². The molecule has 4 rings (SSSR count). The van der Waals surface area contributed by atoms with Crippen LogP contribution in [0.5, 0.6) is 5.75 Å². The zero-order chi connectivity index (χ0) is 30.1. The van der Waals surface area contributed by atoms with E-state index in [9.17, 15) is 21.9 Å². The summed E-state index contributed by atoms with van der Waals surface area (Å²) in [6.07, 6.45) is 10.2. The van der Waals surface area contributed by atoms with E-state index in [2.05, 4.69) is 6.92 Å². The van der Waals surface area contributed by atoms with Gasteiger partial charge in [-0.25, -0.2) is 0 Å². The largest absolute Gasteiger partial charge is 0.508 e. The van der Waals surface area contributed by atoms with E-state index in [1.165, 1.54) is 50.7 Å². The van der Waals surface area contributed by atoms with Crippen molar-refractivity contribution >= 4 is 37.1 Å². The quantitative estimate of drug-likeness (QED) is 0.125. The van der Waals surface area contributed by atoms with Gasteiger partial charge in [-0.1, -0.05) is 124 Å². The number of hydrogen-bond donors (Lipinski definition) is 3. The van der Waals surface area contributed by atoms with Gasteiger partial charge >= 0.3 is 0 Å². The highest BCUT2D eigenvalue weighted by Gasteiger charge is 2.12. The molecule has 7 nitrogen and oxygen atoms in total. The summed E-state index contributed by atoms with van der Waals surface area (Å²) in [6, 6.07) is 28.3. The molecule has 9 heteroatoms. The van der Waals surface area contributed by atoms with Crippen LogP contribution in [0.25, 0.3) is 16.8 Å². The summed E-state index contributed by atoms with van der Waals surface area (Å²) in [6.45, 7) is 2.24. The molecule has 0 aliphatic rings. The summed E-state index contributed by atoms with van der Waals surface area (Å²) >= 11 is 0. The Labute approximate surface area is 243 Å². The van der Waals surface area contributed by atoms with Gasteiger partial charge in [-0.15, -0.1) is 0 Å². The molecule has 220 valence electrons. The van der Waals surface area contributed by atoms with Gasteiger partial charge in [0.05, 0.1) is 5.41 Å². The Morgan fingerprint density at radius 1 is 0.659 bits per heavy atom. The van der Waals surface area contributed by atoms with Gasteiger partial charge < -0.3 is 5.11 Å². The molecule has 0 saturated heterocycles. The van der Waals surface area contributed by atoms with E-state index in [1.54, 1.807) is 60.7 Å². The molecule has 0 aliphatic carbocycles. The second-order valence-corrected chi connectivity index (χ2v) is 12.0. The standard InChI is InChI=1S/C14H22O.C10H8O3S.C8H8O3S/c1-2-3-4-5-6-7-10-13-11-8-9-12-14(13)15;11-14(12,13)10-7-3-5-8-4-1-2-6-9(8)10;9-12(10,11)7-6-8-4-2-1-3-5-8/h8-9,11-12,15H,2-7,10H2,1H3;1-7H,(H,11,12,13);1-7H,(H,9,10,11). The lowest BCUT2D eigenvalue weighted by atomic mass is 10.0. The van der Waals surface area contributed by atoms with Crippen molar-refractivity contribution in [2.75, 3.05) is 0 Å². The first-order chi connectivity index (χ1) is 19.5. The number of aromatic hydroxyl groups is 1. The lowest BCUT2D eigenvalue weighted by molar-refractivity contribution is 0.466. The number of aryl methyl sites for hydroxylation is 1. The van der Waals surface area contributed by atoms with Gasteiger partial charge in [-0.3, -0.25) is 9.11 Å². The van der Waals surface area contributed by atoms with Crippen molar-refractivity contribution in [3.8, 4) is 5.75 Å². The molecule has 0 bridgehead atoms. The van der Waals surface area contributed by atoms with Gasteiger partial charge in [0, 0.05) is 5.39 Å². The fraction of sp³-hybridized carbons (Fsp3) is 0.250. The molecule has 41 heavy (non-hydrogen) atoms. The second kappa shape index (κ2) is 17.3. The number of hydrogen-bond acceptors (Lipinski definition) is 5. The zero-order valence-electron chi connectivity index (χ0n) is 23.1. The summed E-state index contributed by atoms with van der Waals surface area (Å²) in [7, 11) is -8.13. The van der Waals surface area contributed by atoms with E-state index >= 15 is 0 Å². The first-order valence-corrected chi connectivity index (χ1v) is 16.4. The number of phenols is 1. The topological polar surface area (TPSA) is 129 Å². The van der Waals surface area contributed by atoms with Crippen LogP contribution in [-0.4, -0.2) is 31.0 Å². The summed E-state index contributed by atoms with van der Waals surface area (Å²) in [4.78, 5) is -0.0457. The van der Waals surface area contributed by atoms with Crippen molar-refractivity contribution in [1.82, 2.24) is 0 Å². The van der Waals surface area contributed by atoms with E-state index in [4.69, 9.17) is 9.11 Å². The van der Waals surface area contributed by atoms with Crippen LogP contribution >= 0.6 is 0 Å². The minimum Gasteiger partial charge on any atom is -0.508 e. The van der Waals surface area contributed by atoms with Crippen LogP contribution in [0.4, 0.5) is 0 Å². The third-order valence-electron chi connectivity index (χ3n) is 6.05. The molecule has 0 heterocycles. The highest BCUT2D eigenvalue weighted by atomic mass is 32.2. The molecule has 4 aromatic rings. The molecule has 0 aliphatic heterocycles. The van der Waals surface area contributed by atoms with Crippen molar-refractivity contribution < 1.29 is 31.0 Å². The molecule has 0 atom stereocenters. The van der Waals surface area contributed by atoms with Crippen LogP contribution in [-0.2, 0) is 26.7 Å². The Hall–Kier alpha value is -3.50. The number of rotatable bonds is 10. The molecule has 0 saturated carbocycles. The molecule has 0 spiro atoms. The average molecular weight is 599 g/mol. The molecular weight excluding hydrogens is 560 g/mol. The third-order valence-corrected chi connectivity index (χ3v) is 7.44. The highest BCUT2D eigenvalue weighted by molar-refractivity contribution is 7.88. The van der Waals surface area contributed by atoms with Crippen LogP contribution < -0.4 is 0 Å². The molecule has 0 amide bonds. The number of fused-ring (bicyclic) bond motifs is 1. The van der Waals surface area contributed by atoms with Crippen molar-refractivity contribution in [2.24, 2.45) is 0 Å². The first-order valence-electron chi connectivity index (χ1n) is 13.4. The monoisotopic (exact) mass is 598 g/mol. The maximum absolute atomic E-state index is 11.0. The van der Waals surface area contributed by atoms with Crippen molar-refractivity contribution in [3.63, 3.8) is 0 Å². The highest BCUT2D eigenvalue weighted by Crippen LogP contribution is 2.22. The molecule has 0 aromatic heterocycles. The summed E-state index contributed by atoms with van der Waals surface area (Å²) in [5, 5.41) is 11.6. The van der Waals surface area contributed by atoms with E-state index in [-0.39, 0.29) is 4.90 Å². The molecule has 0 radical (unpaired) electrons. The Bertz CT molecular complexity index is 1580. The van der Waals surface area contributed by atoms with Crippen molar-refractivity contribution in [1.29, 1.82) is 0 Å². The van der Waals surface area contributed by atoms with Gasteiger partial charge in [0.15, 0.2) is 0 Å². The number of unbranched alkanes of at least 4 members (excludes halogenated alkanes) is 5. The predicted molar refractivity (Wildman–Crippen MR) is 166 cm³/mol. The Morgan fingerprint density at radius 3 is 1.90 bits per heavy atom. The summed E-state index contributed by atoms with van der Waals surface area (Å²) < 4.78 is 59.9. The van der Waals surface area contributed by atoms with Gasteiger partial charge in [0.25, 0.3) is 20.2 Å². The lowest BCUT2D eigenvalue weighted by Gasteiger charge is -2.03. The fourth-order valence-corrected chi connectivity index (χ4v) is 5.01. The van der Waals surface area contributed by atoms with Gasteiger partial charge in [0.2, 0.25) is 0 Å². The average Bonchev–Trinajstić information content (AvgIpc) is 2.95. The van der Waals surface area contributed by atoms with Gasteiger partial charge in [0.1, 0.15) is 10.6 Å². The lowest BCUT2D eigenvalue weighted by Crippen LogP contribution is -1.98. The van der Waals surface area contributed by atoms with Crippen LogP contribution in [0.2, 0.25) is 0 Å². The van der Waals surface area contributed by atoms with E-state index in [1.807, 2.05) is 30.3 Å². The molecule has 3 N–H and O–H groups in total. The zero-order valence-corrected chi connectivity index (χ0v) is 24.8. The molecule has 4 aromatic carbocycles. The van der Waals surface area contributed by atoms with Crippen LogP contribution in [0, 0.1) is 0 Å². The van der Waals surface area contributed by atoms with Gasteiger partial charge in [-0.05, 0) is 47.6 Å². The Morgan fingerprint density at radius 2 is 1.24 bits per heavy atom. The summed E-state index contributed by atoms with van der Waals surface area (Å²) in [5.74, 6) is 0.450. The van der Waals surface area contributed by atoms with E-state index in [0.717, 1.165) is 28.3 Å². The maximum Gasteiger partial charge on any atom is 0.295 e. The van der Waals surface area contributed by atoms with Crippen molar-refractivity contribution in [2.45, 2.75) is 56.8 Å². The van der Waals surface area contributed by atoms with Crippen molar-refractivity contribution in [3.05, 3.63) is 114 Å². The van der Waals surface area contributed by atoms with Crippen LogP contribution in [0.3, 0.4) is 0 Å². The fourth-order valence-electron chi connectivity index (χ4n) is 3.97. The number of para-hydroxylation sites is 1. The van der Waals surface area contributed by atoms with Crippen LogP contribution in [0.1, 0.15) is 56.6 Å². The molecule has 0 fully saturated rings. The minimum absolute atomic E-state index is 0.0457. The Kier molecular flexibility index (Phi) is 14.3. The number of benzene rings is 4. The van der Waals surface area contributed by atoms with Crippen LogP contribution in [0.15, 0.2) is 107 Å². The maximum atomic E-state index is 11.0. The van der Waals surface area contributed by atoms with E-state index in [0.29, 0.717) is 11.1 Å².